The van der Waals surface area contributed by atoms with E-state index in [-0.39, 0.29) is 11.9 Å². The minimum atomic E-state index is -0.143. The molecule has 0 saturated carbocycles. The Morgan fingerprint density at radius 1 is 1.05 bits per heavy atom. The Labute approximate surface area is 120 Å². The first-order valence-electron chi connectivity index (χ1n) is 6.85. The summed E-state index contributed by atoms with van der Waals surface area (Å²) in [5.41, 5.74) is 1.97. The Hall–Kier alpha value is -1.71. The molecule has 3 heteroatoms. The summed E-state index contributed by atoms with van der Waals surface area (Å²) in [5, 5.41) is 3.21. The molecule has 2 rings (SSSR count). The number of hydrogen-bond acceptors (Lipinski definition) is 2. The Morgan fingerprint density at radius 3 is 2.35 bits per heavy atom. The van der Waals surface area contributed by atoms with Gasteiger partial charge in [0.1, 0.15) is 5.82 Å². The van der Waals surface area contributed by atoms with Crippen LogP contribution in [0.3, 0.4) is 0 Å². The Balaban J connectivity index is 2.16. The summed E-state index contributed by atoms with van der Waals surface area (Å²) in [6, 6.07) is 17.5. The monoisotopic (exact) mass is 272 g/mol. The van der Waals surface area contributed by atoms with Crippen molar-refractivity contribution >= 4 is 0 Å². The number of benzene rings is 2. The zero-order valence-electron chi connectivity index (χ0n) is 12.0. The van der Waals surface area contributed by atoms with Gasteiger partial charge in [-0.25, -0.2) is 4.39 Å². The van der Waals surface area contributed by atoms with Crippen LogP contribution in [0.25, 0.3) is 0 Å². The van der Waals surface area contributed by atoms with Gasteiger partial charge in [-0.15, -0.1) is 0 Å². The maximum atomic E-state index is 13.8. The lowest BCUT2D eigenvalue weighted by molar-refractivity contribution is 0.230. The highest BCUT2D eigenvalue weighted by molar-refractivity contribution is 5.21. The van der Waals surface area contributed by atoms with Crippen LogP contribution in [0.1, 0.15) is 17.2 Å². The van der Waals surface area contributed by atoms with Crippen LogP contribution in [-0.4, -0.2) is 25.5 Å². The summed E-state index contributed by atoms with van der Waals surface area (Å²) < 4.78 is 13.8. The average Bonchev–Trinajstić information content (AvgIpc) is 2.48. The molecule has 0 bridgehead atoms. The summed E-state index contributed by atoms with van der Waals surface area (Å²) in [6.07, 6.45) is 0. The Kier molecular flexibility index (Phi) is 5.27. The average molecular weight is 272 g/mol. The van der Waals surface area contributed by atoms with Gasteiger partial charge in [0.05, 0.1) is 0 Å². The molecule has 0 aliphatic rings. The molecule has 2 aromatic rings. The van der Waals surface area contributed by atoms with Crippen molar-refractivity contribution in [2.45, 2.75) is 12.6 Å². The van der Waals surface area contributed by atoms with E-state index in [2.05, 4.69) is 22.3 Å². The molecule has 0 saturated heterocycles. The normalized spacial score (nSPS) is 12.6. The fourth-order valence-corrected chi connectivity index (χ4v) is 2.40. The van der Waals surface area contributed by atoms with Crippen molar-refractivity contribution < 1.29 is 4.39 Å². The molecule has 0 aliphatic heterocycles. The van der Waals surface area contributed by atoms with E-state index in [0.29, 0.717) is 6.54 Å². The largest absolute Gasteiger partial charge is 0.318 e. The predicted molar refractivity (Wildman–Crippen MR) is 81.0 cm³/mol. The van der Waals surface area contributed by atoms with E-state index in [1.165, 1.54) is 11.6 Å². The van der Waals surface area contributed by atoms with Crippen molar-refractivity contribution in [3.8, 4) is 0 Å². The number of rotatable bonds is 6. The number of hydrogen-bond donors (Lipinski definition) is 1. The van der Waals surface area contributed by atoms with E-state index < -0.39 is 0 Å². The van der Waals surface area contributed by atoms with Crippen molar-refractivity contribution in [2.75, 3.05) is 20.6 Å². The van der Waals surface area contributed by atoms with Gasteiger partial charge >= 0.3 is 0 Å². The second-order valence-electron chi connectivity index (χ2n) is 4.99. The zero-order valence-corrected chi connectivity index (χ0v) is 12.0. The van der Waals surface area contributed by atoms with E-state index in [9.17, 15) is 4.39 Å². The van der Waals surface area contributed by atoms with Crippen LogP contribution in [0.15, 0.2) is 54.6 Å². The van der Waals surface area contributed by atoms with E-state index in [0.717, 1.165) is 12.1 Å². The quantitative estimate of drug-likeness (QED) is 0.868. The lowest BCUT2D eigenvalue weighted by Crippen LogP contribution is -2.31. The smallest absolute Gasteiger partial charge is 0.127 e. The molecule has 1 N–H and O–H groups in total. The molecule has 0 spiro atoms. The van der Waals surface area contributed by atoms with Gasteiger partial charge in [-0.1, -0.05) is 48.5 Å². The fourth-order valence-electron chi connectivity index (χ4n) is 2.40. The van der Waals surface area contributed by atoms with E-state index >= 15 is 0 Å². The van der Waals surface area contributed by atoms with Crippen molar-refractivity contribution in [1.29, 1.82) is 0 Å². The summed E-state index contributed by atoms with van der Waals surface area (Å²) >= 11 is 0. The van der Waals surface area contributed by atoms with Crippen molar-refractivity contribution in [3.05, 3.63) is 71.5 Å². The van der Waals surface area contributed by atoms with Crippen LogP contribution < -0.4 is 5.32 Å². The van der Waals surface area contributed by atoms with Gasteiger partial charge in [0.15, 0.2) is 0 Å². The van der Waals surface area contributed by atoms with Crippen LogP contribution >= 0.6 is 0 Å². The van der Waals surface area contributed by atoms with Crippen molar-refractivity contribution in [3.63, 3.8) is 0 Å². The molecule has 2 nitrogen and oxygen atoms in total. The molecule has 0 fully saturated rings. The highest BCUT2D eigenvalue weighted by Crippen LogP contribution is 2.21. The molecule has 1 atom stereocenters. The molecule has 0 radical (unpaired) electrons. The summed E-state index contributed by atoms with van der Waals surface area (Å²) in [5.74, 6) is -0.143. The second kappa shape index (κ2) is 7.17. The van der Waals surface area contributed by atoms with Crippen LogP contribution in [0.2, 0.25) is 0 Å². The molecular formula is C17H21FN2. The highest BCUT2D eigenvalue weighted by atomic mass is 19.1. The fraction of sp³-hybridized carbons (Fsp3) is 0.294. The highest BCUT2D eigenvalue weighted by Gasteiger charge is 2.17. The van der Waals surface area contributed by atoms with Gasteiger partial charge in [0.25, 0.3) is 0 Å². The van der Waals surface area contributed by atoms with E-state index in [1.54, 1.807) is 6.07 Å². The number of likely N-dealkylation sites (N-methyl/N-ethyl adjacent to an activating group) is 2. The van der Waals surface area contributed by atoms with Gasteiger partial charge < -0.3 is 5.32 Å². The van der Waals surface area contributed by atoms with Gasteiger partial charge in [0.2, 0.25) is 0 Å². The minimum Gasteiger partial charge on any atom is -0.318 e. The second-order valence-corrected chi connectivity index (χ2v) is 4.99. The van der Waals surface area contributed by atoms with Crippen LogP contribution in [0.5, 0.6) is 0 Å². The molecule has 106 valence electrons. The van der Waals surface area contributed by atoms with E-state index in [4.69, 9.17) is 0 Å². The molecule has 2 aromatic carbocycles. The Bertz CT molecular complexity index is 528. The predicted octanol–water partition coefficient (Wildman–Crippen LogP) is 3.22. The standard InChI is InChI=1S/C17H21FN2/c1-19-12-17(14-8-4-3-5-9-14)20(2)13-15-10-6-7-11-16(15)18/h3-11,17,19H,12-13H2,1-2H3. The molecular weight excluding hydrogens is 251 g/mol. The van der Waals surface area contributed by atoms with Gasteiger partial charge in [-0.3, -0.25) is 4.90 Å². The van der Waals surface area contributed by atoms with Gasteiger partial charge in [-0.2, -0.15) is 0 Å². The summed E-state index contributed by atoms with van der Waals surface area (Å²) in [4.78, 5) is 2.17. The maximum Gasteiger partial charge on any atom is 0.127 e. The van der Waals surface area contributed by atoms with Gasteiger partial charge in [-0.05, 0) is 25.7 Å². The van der Waals surface area contributed by atoms with Crippen molar-refractivity contribution in [1.82, 2.24) is 10.2 Å². The van der Waals surface area contributed by atoms with Crippen LogP contribution in [0.4, 0.5) is 4.39 Å². The molecule has 0 aromatic heterocycles. The molecule has 1 unspecified atom stereocenters. The SMILES string of the molecule is CNCC(c1ccccc1)N(C)Cc1ccccc1F. The molecule has 0 amide bonds. The zero-order chi connectivity index (χ0) is 14.4. The number of nitrogens with one attached hydrogen (secondary N) is 1. The topological polar surface area (TPSA) is 15.3 Å². The number of nitrogens with zero attached hydrogens (tertiary/aromatic N) is 1. The van der Waals surface area contributed by atoms with E-state index in [1.807, 2.05) is 44.4 Å². The minimum absolute atomic E-state index is 0.143. The molecule has 0 heterocycles. The summed E-state index contributed by atoms with van der Waals surface area (Å²) in [6.45, 7) is 1.42. The lowest BCUT2D eigenvalue weighted by Gasteiger charge is -2.28. The molecule has 20 heavy (non-hydrogen) atoms. The van der Waals surface area contributed by atoms with Gasteiger partial charge in [0, 0.05) is 24.7 Å². The third-order valence-corrected chi connectivity index (χ3v) is 3.49. The maximum absolute atomic E-state index is 13.8. The first-order valence-corrected chi connectivity index (χ1v) is 6.85. The Morgan fingerprint density at radius 2 is 1.70 bits per heavy atom. The summed E-state index contributed by atoms with van der Waals surface area (Å²) in [7, 11) is 3.97. The third-order valence-electron chi connectivity index (χ3n) is 3.49. The van der Waals surface area contributed by atoms with Crippen LogP contribution in [-0.2, 0) is 6.54 Å². The van der Waals surface area contributed by atoms with Crippen molar-refractivity contribution in [2.24, 2.45) is 0 Å². The van der Waals surface area contributed by atoms with Crippen LogP contribution in [0, 0.1) is 5.82 Å². The molecule has 0 aliphatic carbocycles. The first kappa shape index (κ1) is 14.7. The lowest BCUT2D eigenvalue weighted by atomic mass is 10.0. The number of halogens is 1. The first-order chi connectivity index (χ1) is 9.72. The third kappa shape index (κ3) is 3.65.